The molecule has 3 N–H and O–H groups in total. The molecule has 0 aliphatic rings. The van der Waals surface area contributed by atoms with Gasteiger partial charge in [-0.05, 0) is 0 Å². The van der Waals surface area contributed by atoms with E-state index < -0.39 is 9.05 Å². The predicted octanol–water partition coefficient (Wildman–Crippen LogP) is -3.80. The Bertz CT molecular complexity index is 45.8. The number of rotatable bonds is 1. The molecule has 0 saturated heterocycles. The second-order valence-corrected chi connectivity index (χ2v) is 1.95. The smallest absolute Gasteiger partial charge is 0.366 e. The monoisotopic (exact) mass is 170 g/mol. The Kier molecular flexibility index (Phi) is 12.9. The van der Waals surface area contributed by atoms with Gasteiger partial charge in [-0.1, -0.05) is 4.53 Å². The van der Waals surface area contributed by atoms with E-state index in [9.17, 15) is 4.53 Å². The van der Waals surface area contributed by atoms with Crippen molar-refractivity contribution in [1.29, 1.82) is 0 Å². The molecule has 0 aromatic carbocycles. The molecule has 0 spiro atoms. The Morgan fingerprint density at radius 2 is 1.38 bits per heavy atom. The van der Waals surface area contributed by atoms with Gasteiger partial charge in [0.15, 0.2) is 17.4 Å². The zero-order chi connectivity index (χ0) is 5.21. The van der Waals surface area contributed by atoms with Gasteiger partial charge in [0.1, 0.15) is 0 Å². The lowest BCUT2D eigenvalue weighted by molar-refractivity contribution is -0.111. The molecule has 0 aromatic rings. The summed E-state index contributed by atoms with van der Waals surface area (Å²) in [4.78, 5) is 22.4. The molecule has 0 unspecified atom stereocenters. The van der Waals surface area contributed by atoms with Crippen LogP contribution in [-0.4, -0.2) is 63.8 Å². The van der Waals surface area contributed by atoms with E-state index in [1.54, 1.807) is 0 Å². The van der Waals surface area contributed by atoms with Crippen LogP contribution in [0, 0.1) is 0 Å². The fourth-order valence-electron chi connectivity index (χ4n) is 0. The molecule has 0 fully saturated rings. The van der Waals surface area contributed by atoms with Crippen molar-refractivity contribution >= 4 is 49.5 Å². The maximum Gasteiger partial charge on any atom is 0.703 e. The molecule has 0 aliphatic heterocycles. The van der Waals surface area contributed by atoms with Crippen molar-refractivity contribution in [3.05, 3.63) is 0 Å². The largest absolute Gasteiger partial charge is 0.703 e. The third-order valence-corrected chi connectivity index (χ3v) is 0.311. The van der Waals surface area contributed by atoms with Gasteiger partial charge in [0.25, 0.3) is 0 Å². The van der Waals surface area contributed by atoms with Gasteiger partial charge in [0.2, 0.25) is 0 Å². The quantitative estimate of drug-likeness (QED) is 0.353. The van der Waals surface area contributed by atoms with Crippen molar-refractivity contribution in [3.63, 3.8) is 0 Å². The molecule has 48 valence electrons. The lowest BCUT2D eigenvalue weighted by Gasteiger charge is -1.96. The van der Waals surface area contributed by atoms with Crippen molar-refractivity contribution in [2.75, 3.05) is 0 Å². The minimum atomic E-state index is -4.80. The standard InChI is InChI=1S/Al.FH3O4Si.Mg.5H/c;1-5-6(2,3)4;;;;;;/h;2-4H;;;;;;. The second-order valence-electron chi connectivity index (χ2n) is 0.651. The molecular formula is H8AlFMgO4Si. The highest BCUT2D eigenvalue weighted by atomic mass is 28.4. The SMILES string of the molecule is O[Si](O)(O)OF.[AlH3].[MgH2]. The Morgan fingerprint density at radius 1 is 1.25 bits per heavy atom. The van der Waals surface area contributed by atoms with Crippen molar-refractivity contribution in [2.45, 2.75) is 0 Å². The molecule has 8 heteroatoms. The van der Waals surface area contributed by atoms with Crippen LogP contribution in [0.2, 0.25) is 0 Å². The van der Waals surface area contributed by atoms with Gasteiger partial charge in [0.05, 0.1) is 0 Å². The summed E-state index contributed by atoms with van der Waals surface area (Å²) in [6, 6.07) is 0. The Balaban J connectivity index is -0.000000125. The summed E-state index contributed by atoms with van der Waals surface area (Å²) in [5, 5.41) is 0. The van der Waals surface area contributed by atoms with E-state index in [2.05, 4.69) is 4.63 Å². The van der Waals surface area contributed by atoms with E-state index in [1.807, 2.05) is 0 Å². The van der Waals surface area contributed by atoms with E-state index in [0.717, 1.165) is 0 Å². The van der Waals surface area contributed by atoms with Crippen LogP contribution in [-0.2, 0) is 4.63 Å². The minimum Gasteiger partial charge on any atom is -0.366 e. The van der Waals surface area contributed by atoms with E-state index in [-0.39, 0.29) is 40.4 Å². The van der Waals surface area contributed by atoms with Gasteiger partial charge in [-0.3, -0.25) is 0 Å². The van der Waals surface area contributed by atoms with Crippen LogP contribution in [0.15, 0.2) is 0 Å². The minimum absolute atomic E-state index is 0. The molecule has 0 radical (unpaired) electrons. The van der Waals surface area contributed by atoms with Crippen LogP contribution in [0.4, 0.5) is 4.53 Å². The van der Waals surface area contributed by atoms with E-state index in [0.29, 0.717) is 0 Å². The average molecular weight is 170 g/mol. The van der Waals surface area contributed by atoms with Crippen molar-refractivity contribution in [2.24, 2.45) is 0 Å². The molecule has 0 heterocycles. The third kappa shape index (κ3) is 15.7. The highest BCUT2D eigenvalue weighted by Crippen LogP contribution is 1.85. The third-order valence-electron chi connectivity index (χ3n) is 0.104. The first-order valence-corrected chi connectivity index (χ1v) is 2.78. The topological polar surface area (TPSA) is 69.9 Å². The maximum absolute atomic E-state index is 10.3. The molecule has 4 nitrogen and oxygen atoms in total. The van der Waals surface area contributed by atoms with Crippen LogP contribution in [0.3, 0.4) is 0 Å². The Hall–Kier alpha value is 1.29. The fraction of sp³-hybridized carbons (Fsp3) is 0. The van der Waals surface area contributed by atoms with Crippen LogP contribution in [0.25, 0.3) is 0 Å². The number of halogens is 1. The van der Waals surface area contributed by atoms with Crippen LogP contribution < -0.4 is 0 Å². The van der Waals surface area contributed by atoms with Gasteiger partial charge in [0, 0.05) is 0 Å². The first-order chi connectivity index (χ1) is 2.56. The van der Waals surface area contributed by atoms with Gasteiger partial charge in [-0.2, -0.15) is 4.63 Å². The summed E-state index contributed by atoms with van der Waals surface area (Å²) < 4.78 is 12.6. The molecule has 0 aliphatic carbocycles. The van der Waals surface area contributed by atoms with Crippen molar-refractivity contribution in [1.82, 2.24) is 0 Å². The zero-order valence-corrected chi connectivity index (χ0v) is 3.63. The fourth-order valence-corrected chi connectivity index (χ4v) is 0. The molecule has 0 aromatic heterocycles. The Labute approximate surface area is 73.0 Å². The summed E-state index contributed by atoms with van der Waals surface area (Å²) in [6.07, 6.45) is 0. The first kappa shape index (κ1) is 16.1. The highest BCUT2D eigenvalue weighted by Gasteiger charge is 2.31. The van der Waals surface area contributed by atoms with Gasteiger partial charge >= 0.3 is 32.1 Å². The van der Waals surface area contributed by atoms with Gasteiger partial charge < -0.3 is 14.4 Å². The van der Waals surface area contributed by atoms with E-state index in [4.69, 9.17) is 14.4 Å². The van der Waals surface area contributed by atoms with Crippen LogP contribution in [0.1, 0.15) is 0 Å². The summed E-state index contributed by atoms with van der Waals surface area (Å²) in [5.74, 6) is 0. The van der Waals surface area contributed by atoms with E-state index in [1.165, 1.54) is 0 Å². The Morgan fingerprint density at radius 3 is 1.38 bits per heavy atom. The predicted molar refractivity (Wildman–Crippen MR) is 33.1 cm³/mol. The molecule has 0 rings (SSSR count). The van der Waals surface area contributed by atoms with Crippen LogP contribution >= 0.6 is 0 Å². The van der Waals surface area contributed by atoms with Gasteiger partial charge in [-0.15, -0.1) is 0 Å². The van der Waals surface area contributed by atoms with Gasteiger partial charge in [-0.25, -0.2) is 0 Å². The second kappa shape index (κ2) is 6.41. The molecule has 0 bridgehead atoms. The summed E-state index contributed by atoms with van der Waals surface area (Å²) >= 11 is 0. The molecule has 8 heavy (non-hydrogen) atoms. The molecule has 0 atom stereocenters. The molecule has 0 amide bonds. The lowest BCUT2D eigenvalue weighted by atomic mass is 15.5. The first-order valence-electron chi connectivity index (χ1n) is 1.03. The van der Waals surface area contributed by atoms with E-state index >= 15 is 0 Å². The normalized spacial score (nSPS) is 9.00. The lowest BCUT2D eigenvalue weighted by Crippen LogP contribution is -2.35. The summed E-state index contributed by atoms with van der Waals surface area (Å²) in [7, 11) is -4.80. The summed E-state index contributed by atoms with van der Waals surface area (Å²) in [6.45, 7) is 0. The number of hydrogen-bond donors (Lipinski definition) is 3. The summed E-state index contributed by atoms with van der Waals surface area (Å²) in [5.41, 5.74) is 0. The zero-order valence-electron chi connectivity index (χ0n) is 2.63. The molecular weight excluding hydrogens is 162 g/mol. The number of hydrogen-bond acceptors (Lipinski definition) is 4. The highest BCUT2D eigenvalue weighted by molar-refractivity contribution is 6.48. The van der Waals surface area contributed by atoms with Crippen LogP contribution in [0.5, 0.6) is 0 Å². The van der Waals surface area contributed by atoms with Crippen molar-refractivity contribution < 1.29 is 23.5 Å². The maximum atomic E-state index is 10.3. The average Bonchev–Trinajstić information content (AvgIpc) is 1.35. The van der Waals surface area contributed by atoms with Crippen molar-refractivity contribution in [3.8, 4) is 0 Å². The molecule has 0 saturated carbocycles.